The lowest BCUT2D eigenvalue weighted by atomic mass is 9.92. The average molecular weight is 296 g/mol. The molecule has 3 nitrogen and oxygen atoms in total. The Bertz CT molecular complexity index is 802. The van der Waals surface area contributed by atoms with Gasteiger partial charge >= 0.3 is 0 Å². The first-order valence-corrected chi connectivity index (χ1v) is 7.92. The van der Waals surface area contributed by atoms with Crippen LogP contribution in [0.4, 0.5) is 0 Å². The Morgan fingerprint density at radius 3 is 2.81 bits per heavy atom. The number of nitrogens with zero attached hydrogens (tertiary/aromatic N) is 2. The van der Waals surface area contributed by atoms with Crippen LogP contribution < -0.4 is 4.74 Å². The second kappa shape index (κ2) is 4.74. The molecule has 0 radical (unpaired) electrons. The lowest BCUT2D eigenvalue weighted by Crippen LogP contribution is -2.02. The first-order valence-electron chi connectivity index (χ1n) is 7.10. The molecular weight excluding hydrogens is 280 g/mol. The maximum Gasteiger partial charge on any atom is 0.190 e. The van der Waals surface area contributed by atoms with Crippen LogP contribution in [0.1, 0.15) is 16.0 Å². The number of aromatic nitrogens is 2. The molecule has 1 aliphatic carbocycles. The summed E-state index contributed by atoms with van der Waals surface area (Å²) in [5, 5.41) is 5.62. The lowest BCUT2D eigenvalue weighted by Gasteiger charge is -2.13. The van der Waals surface area contributed by atoms with Crippen LogP contribution in [0.25, 0.3) is 11.3 Å². The Hall–Kier alpha value is -2.07. The molecule has 0 bridgehead atoms. The van der Waals surface area contributed by atoms with E-state index in [-0.39, 0.29) is 0 Å². The van der Waals surface area contributed by atoms with E-state index < -0.39 is 0 Å². The number of ether oxygens (including phenoxy) is 1. The molecule has 0 unspecified atom stereocenters. The standard InChI is InChI=1S/C17H16N2OS/c1-11-14-9-8-12-10-19(2)18-16(12)15(14)17(21-11)20-13-6-4-3-5-7-13/h3-7,10H,8-9H2,1-2H3. The molecule has 21 heavy (non-hydrogen) atoms. The minimum Gasteiger partial charge on any atom is -0.446 e. The highest BCUT2D eigenvalue weighted by Gasteiger charge is 2.27. The van der Waals surface area contributed by atoms with Crippen molar-refractivity contribution in [2.24, 2.45) is 7.05 Å². The summed E-state index contributed by atoms with van der Waals surface area (Å²) in [5.41, 5.74) is 5.01. The topological polar surface area (TPSA) is 27.1 Å². The Morgan fingerprint density at radius 1 is 1.19 bits per heavy atom. The molecule has 0 atom stereocenters. The van der Waals surface area contributed by atoms with Gasteiger partial charge in [0.05, 0.1) is 5.56 Å². The van der Waals surface area contributed by atoms with Crippen molar-refractivity contribution in [2.75, 3.05) is 0 Å². The highest BCUT2D eigenvalue weighted by atomic mass is 32.1. The van der Waals surface area contributed by atoms with Gasteiger partial charge in [-0.05, 0) is 43.0 Å². The second-order valence-corrected chi connectivity index (χ2v) is 6.58. The largest absolute Gasteiger partial charge is 0.446 e. The number of aryl methyl sites for hydroxylation is 3. The summed E-state index contributed by atoms with van der Waals surface area (Å²) in [6, 6.07) is 9.97. The van der Waals surface area contributed by atoms with Gasteiger partial charge in [0.2, 0.25) is 0 Å². The third-order valence-electron chi connectivity index (χ3n) is 3.92. The SMILES string of the molecule is Cc1sc(Oc2ccccc2)c2c1CCc1cn(C)nc1-2. The zero-order valence-electron chi connectivity index (χ0n) is 12.1. The Morgan fingerprint density at radius 2 is 2.00 bits per heavy atom. The third kappa shape index (κ3) is 2.07. The zero-order chi connectivity index (χ0) is 14.4. The molecule has 0 aliphatic heterocycles. The Labute approximate surface area is 127 Å². The summed E-state index contributed by atoms with van der Waals surface area (Å²) >= 11 is 1.73. The molecule has 4 rings (SSSR count). The summed E-state index contributed by atoms with van der Waals surface area (Å²) in [6.07, 6.45) is 4.27. The fraction of sp³-hybridized carbons (Fsp3) is 0.235. The van der Waals surface area contributed by atoms with Crippen LogP contribution in [-0.2, 0) is 19.9 Å². The Kier molecular flexibility index (Phi) is 2.86. The summed E-state index contributed by atoms with van der Waals surface area (Å²) in [7, 11) is 1.98. The summed E-state index contributed by atoms with van der Waals surface area (Å²) < 4.78 is 8.03. The first kappa shape index (κ1) is 12.7. The lowest BCUT2D eigenvalue weighted by molar-refractivity contribution is 0.497. The van der Waals surface area contributed by atoms with E-state index in [1.807, 2.05) is 42.1 Å². The van der Waals surface area contributed by atoms with E-state index in [2.05, 4.69) is 18.2 Å². The van der Waals surface area contributed by atoms with E-state index in [0.717, 1.165) is 29.3 Å². The predicted molar refractivity (Wildman–Crippen MR) is 85.2 cm³/mol. The molecule has 0 spiro atoms. The average Bonchev–Trinajstić information content (AvgIpc) is 3.00. The molecule has 2 heterocycles. The molecule has 106 valence electrons. The third-order valence-corrected chi connectivity index (χ3v) is 4.94. The molecule has 0 N–H and O–H groups in total. The van der Waals surface area contributed by atoms with Crippen LogP contribution in [0.2, 0.25) is 0 Å². The van der Waals surface area contributed by atoms with Crippen molar-refractivity contribution in [2.45, 2.75) is 19.8 Å². The van der Waals surface area contributed by atoms with Crippen LogP contribution in [0.3, 0.4) is 0 Å². The zero-order valence-corrected chi connectivity index (χ0v) is 12.9. The van der Waals surface area contributed by atoms with E-state index in [4.69, 9.17) is 4.74 Å². The van der Waals surface area contributed by atoms with Crippen molar-refractivity contribution < 1.29 is 4.74 Å². The number of rotatable bonds is 2. The summed E-state index contributed by atoms with van der Waals surface area (Å²) in [6.45, 7) is 2.18. The van der Waals surface area contributed by atoms with Crippen LogP contribution in [0.5, 0.6) is 10.8 Å². The smallest absolute Gasteiger partial charge is 0.190 e. The molecule has 0 amide bonds. The predicted octanol–water partition coefficient (Wildman–Crippen LogP) is 4.35. The van der Waals surface area contributed by atoms with Crippen molar-refractivity contribution in [1.29, 1.82) is 0 Å². The first-order chi connectivity index (χ1) is 10.2. The molecule has 3 aromatic rings. The minimum absolute atomic E-state index is 0.879. The van der Waals surface area contributed by atoms with Gasteiger partial charge in [-0.3, -0.25) is 4.68 Å². The van der Waals surface area contributed by atoms with E-state index in [1.54, 1.807) is 11.3 Å². The van der Waals surface area contributed by atoms with E-state index in [0.29, 0.717) is 0 Å². The van der Waals surface area contributed by atoms with Gasteiger partial charge in [0.25, 0.3) is 0 Å². The minimum atomic E-state index is 0.879. The van der Waals surface area contributed by atoms with Gasteiger partial charge in [-0.25, -0.2) is 0 Å². The maximum atomic E-state index is 6.13. The molecule has 0 fully saturated rings. The van der Waals surface area contributed by atoms with Gasteiger partial charge in [-0.15, -0.1) is 11.3 Å². The fourth-order valence-corrected chi connectivity index (χ4v) is 4.01. The van der Waals surface area contributed by atoms with E-state index >= 15 is 0 Å². The molecule has 1 aliphatic rings. The van der Waals surface area contributed by atoms with Gasteiger partial charge in [-0.2, -0.15) is 5.10 Å². The van der Waals surface area contributed by atoms with Crippen molar-refractivity contribution in [3.8, 4) is 22.1 Å². The fourth-order valence-electron chi connectivity index (χ4n) is 2.95. The number of thiophene rings is 1. The highest BCUT2D eigenvalue weighted by Crippen LogP contribution is 2.47. The van der Waals surface area contributed by atoms with Gasteiger partial charge < -0.3 is 4.74 Å². The van der Waals surface area contributed by atoms with Crippen molar-refractivity contribution in [3.63, 3.8) is 0 Å². The number of hydrogen-bond donors (Lipinski definition) is 0. The summed E-state index contributed by atoms with van der Waals surface area (Å²) in [5.74, 6) is 0.879. The second-order valence-electron chi connectivity index (χ2n) is 5.39. The van der Waals surface area contributed by atoms with Crippen LogP contribution in [0, 0.1) is 6.92 Å². The number of benzene rings is 1. The molecular formula is C17H16N2OS. The van der Waals surface area contributed by atoms with Gasteiger partial charge in [0.15, 0.2) is 5.06 Å². The van der Waals surface area contributed by atoms with Gasteiger partial charge in [0.1, 0.15) is 11.4 Å². The monoisotopic (exact) mass is 296 g/mol. The molecule has 0 saturated heterocycles. The van der Waals surface area contributed by atoms with Crippen molar-refractivity contribution >= 4 is 11.3 Å². The Balaban J connectivity index is 1.84. The molecule has 1 aromatic carbocycles. The maximum absolute atomic E-state index is 6.13. The number of para-hydroxylation sites is 1. The molecule has 0 saturated carbocycles. The van der Waals surface area contributed by atoms with Gasteiger partial charge in [-0.1, -0.05) is 18.2 Å². The highest BCUT2D eigenvalue weighted by molar-refractivity contribution is 7.14. The normalized spacial score (nSPS) is 12.9. The molecule has 2 aromatic heterocycles. The number of hydrogen-bond acceptors (Lipinski definition) is 3. The van der Waals surface area contributed by atoms with Gasteiger partial charge in [0, 0.05) is 18.1 Å². The van der Waals surface area contributed by atoms with Crippen molar-refractivity contribution in [3.05, 3.63) is 52.5 Å². The number of fused-ring (bicyclic) bond motifs is 3. The van der Waals surface area contributed by atoms with Crippen LogP contribution >= 0.6 is 11.3 Å². The van der Waals surface area contributed by atoms with E-state index in [1.165, 1.54) is 21.6 Å². The molecule has 4 heteroatoms. The van der Waals surface area contributed by atoms with E-state index in [9.17, 15) is 0 Å². The van der Waals surface area contributed by atoms with Crippen molar-refractivity contribution in [1.82, 2.24) is 9.78 Å². The van der Waals surface area contributed by atoms with Crippen LogP contribution in [0.15, 0.2) is 36.5 Å². The van der Waals surface area contributed by atoms with Crippen LogP contribution in [-0.4, -0.2) is 9.78 Å². The quantitative estimate of drug-likeness (QED) is 0.703. The summed E-state index contributed by atoms with van der Waals surface area (Å²) in [4.78, 5) is 1.34.